The fourth-order valence-electron chi connectivity index (χ4n) is 3.34. The van der Waals surface area contributed by atoms with Gasteiger partial charge in [0.25, 0.3) is 0 Å². The average Bonchev–Trinajstić information content (AvgIpc) is 2.77. The summed E-state index contributed by atoms with van der Waals surface area (Å²) in [6, 6.07) is 8.33. The van der Waals surface area contributed by atoms with Gasteiger partial charge in [0, 0.05) is 38.1 Å². The smallest absolute Gasteiger partial charge is 0.246 e. The highest BCUT2D eigenvalue weighted by molar-refractivity contribution is 7.89. The van der Waals surface area contributed by atoms with E-state index < -0.39 is 15.9 Å². The number of nitrogens with one attached hydrogen (secondary N) is 1. The van der Waals surface area contributed by atoms with E-state index in [1.807, 2.05) is 6.07 Å². The van der Waals surface area contributed by atoms with Crippen molar-refractivity contribution < 1.29 is 22.7 Å². The Labute approximate surface area is 170 Å². The van der Waals surface area contributed by atoms with Gasteiger partial charge < -0.3 is 14.8 Å². The summed E-state index contributed by atoms with van der Waals surface area (Å²) in [6.07, 6.45) is 4.60. The Balaban J connectivity index is 1.73. The Morgan fingerprint density at radius 2 is 2.10 bits per heavy atom. The lowest BCUT2D eigenvalue weighted by atomic mass is 9.99. The van der Waals surface area contributed by atoms with Crippen molar-refractivity contribution in [2.45, 2.75) is 24.3 Å². The lowest BCUT2D eigenvalue weighted by Gasteiger charge is -2.31. The van der Waals surface area contributed by atoms with Crippen LogP contribution in [0.3, 0.4) is 0 Å². The number of hydrogen-bond acceptors (Lipinski definition) is 6. The second kappa shape index (κ2) is 9.23. The quantitative estimate of drug-likeness (QED) is 0.735. The molecule has 0 unspecified atom stereocenters. The first kappa shape index (κ1) is 21.1. The number of pyridine rings is 1. The summed E-state index contributed by atoms with van der Waals surface area (Å²) in [6.45, 7) is 0.844. The van der Waals surface area contributed by atoms with Gasteiger partial charge in [-0.25, -0.2) is 8.42 Å². The summed E-state index contributed by atoms with van der Waals surface area (Å²) in [7, 11) is -0.936. The van der Waals surface area contributed by atoms with Crippen LogP contribution in [0.25, 0.3) is 0 Å². The van der Waals surface area contributed by atoms with E-state index in [0.717, 1.165) is 5.56 Å². The number of rotatable bonds is 7. The van der Waals surface area contributed by atoms with Crippen LogP contribution in [0.4, 0.5) is 0 Å². The summed E-state index contributed by atoms with van der Waals surface area (Å²) in [5, 5.41) is 2.88. The summed E-state index contributed by atoms with van der Waals surface area (Å²) in [4.78, 5) is 16.7. The zero-order valence-corrected chi connectivity index (χ0v) is 17.3. The molecule has 0 radical (unpaired) electrons. The molecule has 156 valence electrons. The average molecular weight is 420 g/mol. The van der Waals surface area contributed by atoms with Crippen LogP contribution in [0, 0.1) is 5.92 Å². The van der Waals surface area contributed by atoms with E-state index in [0.29, 0.717) is 31.7 Å². The zero-order chi connectivity index (χ0) is 20.9. The molecule has 1 N–H and O–H groups in total. The van der Waals surface area contributed by atoms with E-state index in [1.54, 1.807) is 30.6 Å². The summed E-state index contributed by atoms with van der Waals surface area (Å²) in [5.41, 5.74) is 0.891. The van der Waals surface area contributed by atoms with Crippen molar-refractivity contribution in [2.24, 2.45) is 5.92 Å². The van der Waals surface area contributed by atoms with Gasteiger partial charge in [-0.2, -0.15) is 4.31 Å². The molecule has 3 rings (SSSR count). The second-order valence-electron chi connectivity index (χ2n) is 6.80. The number of carbonyl (C=O) groups excluding carboxylic acids is 1. The fourth-order valence-corrected chi connectivity index (χ4v) is 5.03. The Morgan fingerprint density at radius 1 is 1.28 bits per heavy atom. The minimum atomic E-state index is -3.83. The van der Waals surface area contributed by atoms with Crippen LogP contribution >= 0.6 is 0 Å². The van der Waals surface area contributed by atoms with E-state index in [2.05, 4.69) is 10.3 Å². The highest BCUT2D eigenvalue weighted by atomic mass is 32.2. The molecule has 1 aromatic heterocycles. The Morgan fingerprint density at radius 3 is 2.79 bits per heavy atom. The maximum Gasteiger partial charge on any atom is 0.246 e. The summed E-state index contributed by atoms with van der Waals surface area (Å²) in [5.74, 6) is 0.0965. The van der Waals surface area contributed by atoms with Crippen LogP contribution in [-0.2, 0) is 21.4 Å². The first-order chi connectivity index (χ1) is 14.0. The third-order valence-corrected chi connectivity index (χ3v) is 6.82. The van der Waals surface area contributed by atoms with E-state index >= 15 is 0 Å². The van der Waals surface area contributed by atoms with Gasteiger partial charge in [-0.3, -0.25) is 9.78 Å². The van der Waals surface area contributed by atoms with Gasteiger partial charge in [0.05, 0.1) is 20.1 Å². The van der Waals surface area contributed by atoms with Gasteiger partial charge in [-0.05, 0) is 36.6 Å². The number of aromatic nitrogens is 1. The topological polar surface area (TPSA) is 97.8 Å². The Hall–Kier alpha value is -2.65. The minimum Gasteiger partial charge on any atom is -0.497 e. The number of carbonyl (C=O) groups is 1. The molecule has 29 heavy (non-hydrogen) atoms. The van der Waals surface area contributed by atoms with Crippen LogP contribution in [0.2, 0.25) is 0 Å². The van der Waals surface area contributed by atoms with Crippen molar-refractivity contribution in [1.82, 2.24) is 14.6 Å². The van der Waals surface area contributed by atoms with Gasteiger partial charge in [0.15, 0.2) is 0 Å². The number of nitrogens with zero attached hydrogens (tertiary/aromatic N) is 2. The molecule has 0 aliphatic carbocycles. The molecule has 9 heteroatoms. The van der Waals surface area contributed by atoms with Crippen molar-refractivity contribution >= 4 is 15.9 Å². The second-order valence-corrected chi connectivity index (χ2v) is 8.70. The maximum atomic E-state index is 13.2. The molecule has 1 aliphatic heterocycles. The normalized spacial score (nSPS) is 17.5. The third kappa shape index (κ3) is 4.86. The molecule has 1 aliphatic rings. The molecule has 2 aromatic rings. The van der Waals surface area contributed by atoms with Crippen LogP contribution in [-0.4, -0.2) is 50.9 Å². The predicted molar refractivity (Wildman–Crippen MR) is 107 cm³/mol. The van der Waals surface area contributed by atoms with E-state index in [9.17, 15) is 13.2 Å². The van der Waals surface area contributed by atoms with Gasteiger partial charge in [0.2, 0.25) is 15.9 Å². The Bertz CT molecular complexity index is 950. The van der Waals surface area contributed by atoms with Gasteiger partial charge in [-0.1, -0.05) is 6.07 Å². The molecule has 0 bridgehead atoms. The number of piperidine rings is 1. The maximum absolute atomic E-state index is 13.2. The van der Waals surface area contributed by atoms with Crippen molar-refractivity contribution in [3.63, 3.8) is 0 Å². The number of hydrogen-bond donors (Lipinski definition) is 1. The molecule has 0 spiro atoms. The monoisotopic (exact) mass is 419 g/mol. The summed E-state index contributed by atoms with van der Waals surface area (Å²) >= 11 is 0. The SMILES string of the molecule is COc1ccc(OC)c(S(=O)(=O)N2CCC[C@@H](C(=O)NCc3cccnc3)C2)c1. The van der Waals surface area contributed by atoms with Gasteiger partial charge in [0.1, 0.15) is 16.4 Å². The zero-order valence-electron chi connectivity index (χ0n) is 16.5. The number of amides is 1. The van der Waals surface area contributed by atoms with Gasteiger partial charge >= 0.3 is 0 Å². The Kier molecular flexibility index (Phi) is 6.71. The number of benzene rings is 1. The fraction of sp³-hybridized carbons (Fsp3) is 0.400. The standard InChI is InChI=1S/C20H25N3O5S/c1-27-17-7-8-18(28-2)19(11-17)29(25,26)23-10-4-6-16(14-23)20(24)22-13-15-5-3-9-21-12-15/h3,5,7-9,11-12,16H,4,6,10,13-14H2,1-2H3,(H,22,24)/t16-/m1/s1. The van der Waals surface area contributed by atoms with Crippen molar-refractivity contribution in [3.8, 4) is 11.5 Å². The number of methoxy groups -OCH3 is 2. The molecule has 1 atom stereocenters. The number of ether oxygens (including phenoxy) is 2. The van der Waals surface area contributed by atoms with Crippen LogP contribution in [0.5, 0.6) is 11.5 Å². The van der Waals surface area contributed by atoms with Crippen molar-refractivity contribution in [1.29, 1.82) is 0 Å². The highest BCUT2D eigenvalue weighted by Gasteiger charge is 2.35. The minimum absolute atomic E-state index is 0.0377. The van der Waals surface area contributed by atoms with Crippen LogP contribution < -0.4 is 14.8 Å². The van der Waals surface area contributed by atoms with E-state index in [1.165, 1.54) is 24.6 Å². The third-order valence-electron chi connectivity index (χ3n) is 4.93. The molecule has 1 fully saturated rings. The largest absolute Gasteiger partial charge is 0.497 e. The van der Waals surface area contributed by atoms with Crippen LogP contribution in [0.1, 0.15) is 18.4 Å². The predicted octanol–water partition coefficient (Wildman–Crippen LogP) is 1.82. The molecule has 1 aromatic carbocycles. The first-order valence-electron chi connectivity index (χ1n) is 9.34. The van der Waals surface area contributed by atoms with Gasteiger partial charge in [-0.15, -0.1) is 0 Å². The van der Waals surface area contributed by atoms with Crippen molar-refractivity contribution in [3.05, 3.63) is 48.3 Å². The van der Waals surface area contributed by atoms with Crippen molar-refractivity contribution in [2.75, 3.05) is 27.3 Å². The highest BCUT2D eigenvalue weighted by Crippen LogP contribution is 2.32. The molecule has 2 heterocycles. The van der Waals surface area contributed by atoms with E-state index in [-0.39, 0.29) is 23.1 Å². The molecule has 0 saturated carbocycles. The number of sulfonamides is 1. The molecule has 1 amide bonds. The molecular formula is C20H25N3O5S. The molecule has 1 saturated heterocycles. The summed E-state index contributed by atoms with van der Waals surface area (Å²) < 4.78 is 38.2. The van der Waals surface area contributed by atoms with Crippen LogP contribution in [0.15, 0.2) is 47.6 Å². The van der Waals surface area contributed by atoms with E-state index in [4.69, 9.17) is 9.47 Å². The molecular weight excluding hydrogens is 394 g/mol. The lowest BCUT2D eigenvalue weighted by molar-refractivity contribution is -0.126. The first-order valence-corrected chi connectivity index (χ1v) is 10.8. The lowest BCUT2D eigenvalue weighted by Crippen LogP contribution is -2.45. The molecule has 8 nitrogen and oxygen atoms in total.